The van der Waals surface area contributed by atoms with Crippen molar-refractivity contribution in [3.05, 3.63) is 23.8 Å². The van der Waals surface area contributed by atoms with Crippen LogP contribution in [0, 0.1) is 5.41 Å². The van der Waals surface area contributed by atoms with Gasteiger partial charge in [-0.05, 0) is 25.1 Å². The summed E-state index contributed by atoms with van der Waals surface area (Å²) < 4.78 is 16.6. The minimum Gasteiger partial charge on any atom is -0.490 e. The van der Waals surface area contributed by atoms with Gasteiger partial charge >= 0.3 is 0 Å². The summed E-state index contributed by atoms with van der Waals surface area (Å²) in [4.78, 5) is 0. The third-order valence-corrected chi connectivity index (χ3v) is 2.74. The van der Waals surface area contributed by atoms with Gasteiger partial charge in [-0.1, -0.05) is 0 Å². The van der Waals surface area contributed by atoms with E-state index < -0.39 is 0 Å². The summed E-state index contributed by atoms with van der Waals surface area (Å²) in [5, 5.41) is 7.42. The largest absolute Gasteiger partial charge is 0.490 e. The van der Waals surface area contributed by atoms with E-state index in [1.807, 2.05) is 6.92 Å². The molecule has 1 aliphatic heterocycles. The smallest absolute Gasteiger partial charge is 0.161 e. The van der Waals surface area contributed by atoms with Crippen molar-refractivity contribution in [3.8, 4) is 11.5 Å². The molecule has 2 rings (SSSR count). The average Bonchev–Trinajstić information content (AvgIpc) is 2.84. The van der Waals surface area contributed by atoms with Crippen LogP contribution in [-0.4, -0.2) is 31.8 Å². The highest BCUT2D eigenvalue weighted by molar-refractivity contribution is 5.95. The van der Waals surface area contributed by atoms with E-state index in [0.29, 0.717) is 30.3 Å². The number of nitrogens with one attached hydrogen (secondary N) is 1. The van der Waals surface area contributed by atoms with Crippen molar-refractivity contribution in [3.63, 3.8) is 0 Å². The zero-order chi connectivity index (χ0) is 13.0. The Balaban J connectivity index is 2.19. The Labute approximate surface area is 106 Å². The maximum atomic E-state index is 7.42. The topological polar surface area (TPSA) is 77.6 Å². The van der Waals surface area contributed by atoms with Crippen molar-refractivity contribution in [1.82, 2.24) is 0 Å². The molecule has 1 heterocycles. The first-order valence-electron chi connectivity index (χ1n) is 6.06. The van der Waals surface area contributed by atoms with E-state index in [2.05, 4.69) is 0 Å². The second-order valence-electron chi connectivity index (χ2n) is 4.11. The highest BCUT2D eigenvalue weighted by atomic mass is 16.6. The highest BCUT2D eigenvalue weighted by Crippen LogP contribution is 2.30. The van der Waals surface area contributed by atoms with Crippen molar-refractivity contribution in [2.75, 3.05) is 19.8 Å². The van der Waals surface area contributed by atoms with Gasteiger partial charge in [-0.25, -0.2) is 0 Å². The van der Waals surface area contributed by atoms with Gasteiger partial charge in [0, 0.05) is 12.0 Å². The molecule has 5 nitrogen and oxygen atoms in total. The van der Waals surface area contributed by atoms with Gasteiger partial charge in [0.2, 0.25) is 0 Å². The van der Waals surface area contributed by atoms with E-state index in [1.54, 1.807) is 18.2 Å². The molecule has 1 fully saturated rings. The molecule has 1 aromatic rings. The van der Waals surface area contributed by atoms with Crippen molar-refractivity contribution in [1.29, 1.82) is 5.41 Å². The summed E-state index contributed by atoms with van der Waals surface area (Å²) >= 11 is 0. The lowest BCUT2D eigenvalue weighted by atomic mass is 10.2. The Morgan fingerprint density at radius 1 is 1.50 bits per heavy atom. The predicted octanol–water partition coefficient (Wildman–Crippen LogP) is 1.54. The molecule has 1 unspecified atom stereocenters. The van der Waals surface area contributed by atoms with Gasteiger partial charge in [-0.15, -0.1) is 0 Å². The normalized spacial score (nSPS) is 18.6. The number of nitrogens with two attached hydrogens (primary N) is 1. The first-order valence-corrected chi connectivity index (χ1v) is 6.06. The Morgan fingerprint density at radius 3 is 2.94 bits per heavy atom. The van der Waals surface area contributed by atoms with E-state index in [-0.39, 0.29) is 11.9 Å². The quantitative estimate of drug-likeness (QED) is 0.613. The molecule has 1 aliphatic rings. The zero-order valence-electron chi connectivity index (χ0n) is 10.4. The van der Waals surface area contributed by atoms with Crippen LogP contribution in [0.3, 0.4) is 0 Å². The summed E-state index contributed by atoms with van der Waals surface area (Å²) in [5.41, 5.74) is 6.09. The molecular formula is C13H18N2O3. The average molecular weight is 250 g/mol. The van der Waals surface area contributed by atoms with Gasteiger partial charge in [-0.3, -0.25) is 5.41 Å². The van der Waals surface area contributed by atoms with Crippen LogP contribution < -0.4 is 15.2 Å². The summed E-state index contributed by atoms with van der Waals surface area (Å²) in [6.07, 6.45) is 0.965. The van der Waals surface area contributed by atoms with Gasteiger partial charge in [-0.2, -0.15) is 0 Å². The van der Waals surface area contributed by atoms with E-state index in [1.165, 1.54) is 0 Å². The number of rotatable bonds is 5. The Bertz CT molecular complexity index is 428. The Morgan fingerprint density at radius 2 is 2.33 bits per heavy atom. The zero-order valence-corrected chi connectivity index (χ0v) is 10.4. The molecular weight excluding hydrogens is 232 g/mol. The molecule has 1 saturated heterocycles. The molecule has 0 aliphatic carbocycles. The molecule has 98 valence electrons. The summed E-state index contributed by atoms with van der Waals surface area (Å²) in [7, 11) is 0. The van der Waals surface area contributed by atoms with Crippen molar-refractivity contribution >= 4 is 5.84 Å². The van der Waals surface area contributed by atoms with Crippen LogP contribution in [0.15, 0.2) is 18.2 Å². The minimum absolute atomic E-state index is 0.0201. The molecule has 18 heavy (non-hydrogen) atoms. The van der Waals surface area contributed by atoms with Gasteiger partial charge in [0.05, 0.1) is 19.8 Å². The van der Waals surface area contributed by atoms with Crippen molar-refractivity contribution in [2.45, 2.75) is 19.4 Å². The number of amidine groups is 1. The van der Waals surface area contributed by atoms with Gasteiger partial charge < -0.3 is 19.9 Å². The van der Waals surface area contributed by atoms with E-state index in [4.69, 9.17) is 25.4 Å². The second-order valence-corrected chi connectivity index (χ2v) is 4.11. The van der Waals surface area contributed by atoms with Gasteiger partial charge in [0.25, 0.3) is 0 Å². The number of hydrogen-bond acceptors (Lipinski definition) is 4. The highest BCUT2D eigenvalue weighted by Gasteiger charge is 2.19. The molecule has 3 N–H and O–H groups in total. The molecule has 0 aromatic heterocycles. The van der Waals surface area contributed by atoms with Crippen LogP contribution in [0.25, 0.3) is 0 Å². The molecule has 0 amide bonds. The van der Waals surface area contributed by atoms with E-state index >= 15 is 0 Å². The first kappa shape index (κ1) is 12.7. The van der Waals surface area contributed by atoms with Crippen LogP contribution in [0.1, 0.15) is 18.9 Å². The van der Waals surface area contributed by atoms with Crippen LogP contribution in [-0.2, 0) is 4.74 Å². The Hall–Kier alpha value is -1.75. The lowest BCUT2D eigenvalue weighted by molar-refractivity contribution is 0.138. The monoisotopic (exact) mass is 250 g/mol. The maximum Gasteiger partial charge on any atom is 0.161 e. The fourth-order valence-corrected chi connectivity index (χ4v) is 1.83. The molecule has 0 spiro atoms. The predicted molar refractivity (Wildman–Crippen MR) is 68.5 cm³/mol. The molecule has 0 bridgehead atoms. The molecule has 0 radical (unpaired) electrons. The number of hydrogen-bond donors (Lipinski definition) is 2. The number of nitrogen functional groups attached to an aromatic ring is 1. The summed E-state index contributed by atoms with van der Waals surface area (Å²) in [5.74, 6) is 1.32. The van der Waals surface area contributed by atoms with Crippen molar-refractivity contribution < 1.29 is 14.2 Å². The third-order valence-electron chi connectivity index (χ3n) is 2.74. The standard InChI is InChI=1S/C13H18N2O3/c1-2-17-12-7-9(13(14)15)3-4-11(12)18-10-5-6-16-8-10/h3-4,7,10H,2,5-6,8H2,1H3,(H3,14,15). The van der Waals surface area contributed by atoms with Gasteiger partial charge in [0.1, 0.15) is 11.9 Å². The first-order chi connectivity index (χ1) is 8.70. The third kappa shape index (κ3) is 2.92. The number of benzene rings is 1. The number of ether oxygens (including phenoxy) is 3. The molecule has 1 aromatic carbocycles. The molecule has 0 saturated carbocycles. The second kappa shape index (κ2) is 5.73. The fraction of sp³-hybridized carbons (Fsp3) is 0.462. The molecule has 5 heteroatoms. The van der Waals surface area contributed by atoms with Crippen LogP contribution in [0.4, 0.5) is 0 Å². The van der Waals surface area contributed by atoms with E-state index in [0.717, 1.165) is 13.0 Å². The van der Waals surface area contributed by atoms with Crippen LogP contribution in [0.5, 0.6) is 11.5 Å². The fourth-order valence-electron chi connectivity index (χ4n) is 1.83. The summed E-state index contributed by atoms with van der Waals surface area (Å²) in [6.45, 7) is 3.79. The van der Waals surface area contributed by atoms with Crippen molar-refractivity contribution in [2.24, 2.45) is 5.73 Å². The SMILES string of the molecule is CCOc1cc(C(=N)N)ccc1OC1CCOC1. The summed E-state index contributed by atoms with van der Waals surface area (Å²) in [6, 6.07) is 5.28. The lowest BCUT2D eigenvalue weighted by Gasteiger charge is -2.16. The maximum absolute atomic E-state index is 7.42. The van der Waals surface area contributed by atoms with Crippen LogP contribution >= 0.6 is 0 Å². The minimum atomic E-state index is 0.0201. The Kier molecular flexibility index (Phi) is 4.04. The lowest BCUT2D eigenvalue weighted by Crippen LogP contribution is -2.17. The van der Waals surface area contributed by atoms with Gasteiger partial charge in [0.15, 0.2) is 11.5 Å². The van der Waals surface area contributed by atoms with E-state index in [9.17, 15) is 0 Å². The molecule has 1 atom stereocenters. The van der Waals surface area contributed by atoms with Crippen LogP contribution in [0.2, 0.25) is 0 Å².